The van der Waals surface area contributed by atoms with E-state index in [4.69, 9.17) is 52.8 Å². The van der Waals surface area contributed by atoms with Gasteiger partial charge in [-0.1, -0.05) is 69.3 Å². The van der Waals surface area contributed by atoms with Crippen molar-refractivity contribution in [2.75, 3.05) is 46.2 Å². The van der Waals surface area contributed by atoms with Gasteiger partial charge in [0.15, 0.2) is 25.2 Å². The van der Waals surface area contributed by atoms with E-state index in [-0.39, 0.29) is 58.0 Å². The van der Waals surface area contributed by atoms with Gasteiger partial charge in [-0.15, -0.1) is 0 Å². The Bertz CT molecular complexity index is 2050. The van der Waals surface area contributed by atoms with E-state index in [9.17, 15) is 45.6 Å². The van der Waals surface area contributed by atoms with Gasteiger partial charge >= 0.3 is 5.97 Å². The lowest BCUT2D eigenvalue weighted by Crippen LogP contribution is -2.84. The maximum atomic E-state index is 14.3. The van der Waals surface area contributed by atoms with Crippen molar-refractivity contribution in [3.05, 3.63) is 71.8 Å². The van der Waals surface area contributed by atoms with Gasteiger partial charge in [0.25, 0.3) is 0 Å². The van der Waals surface area contributed by atoms with Crippen LogP contribution in [0.5, 0.6) is 0 Å². The second-order valence-electron chi connectivity index (χ2n) is 21.5. The largest absolute Gasteiger partial charge is 0.455 e. The molecule has 406 valence electrons. The summed E-state index contributed by atoms with van der Waals surface area (Å²) in [6.07, 6.45) is -18.3. The van der Waals surface area contributed by atoms with Gasteiger partial charge in [-0.3, -0.25) is 5.32 Å². The van der Waals surface area contributed by atoms with Gasteiger partial charge in [-0.05, 0) is 63.6 Å². The van der Waals surface area contributed by atoms with E-state index < -0.39 is 144 Å². The predicted octanol–water partition coefficient (Wildman–Crippen LogP) is 0.0398. The number of carbonyl (C=O) groups is 1. The van der Waals surface area contributed by atoms with Crippen molar-refractivity contribution in [1.82, 2.24) is 5.32 Å². The first-order valence-electron chi connectivity index (χ1n) is 24.8. The molecule has 0 bridgehead atoms. The Morgan fingerprint density at radius 2 is 1.49 bits per heavy atom. The lowest BCUT2D eigenvalue weighted by molar-refractivity contribution is -0.409. The van der Waals surface area contributed by atoms with Crippen molar-refractivity contribution in [2.24, 2.45) is 34.5 Å². The highest BCUT2D eigenvalue weighted by atomic mass is 16.7. The Kier molecular flexibility index (Phi) is 18.0. The van der Waals surface area contributed by atoms with Crippen LogP contribution in [0, 0.1) is 34.5 Å². The van der Waals surface area contributed by atoms with Crippen molar-refractivity contribution < 1.29 is 98.5 Å². The summed E-state index contributed by atoms with van der Waals surface area (Å²) in [5.41, 5.74) is -6.98. The predicted molar refractivity (Wildman–Crippen MR) is 251 cm³/mol. The van der Waals surface area contributed by atoms with Gasteiger partial charge in [-0.2, -0.15) is 0 Å². The zero-order chi connectivity index (χ0) is 52.6. The SMILES string of the molecule is CC(O)O[C@]12COC1CC(O)C1(C)C(O)[C@@H](O)C3C(C)[C@H](OC(O)[C@@H](OC(O)COCCOCCOCC(O)O)[C@H](NC(O)OC(C)(C)C)c4ccccc4)C4CC(O)([C@H](OC(=O)c5ccccc5)[C@H]12)[C@@]34C. The molecule has 7 rings (SSSR count). The van der Waals surface area contributed by atoms with Crippen molar-refractivity contribution >= 4 is 5.97 Å². The third kappa shape index (κ3) is 11.0. The first kappa shape index (κ1) is 56.9. The van der Waals surface area contributed by atoms with Crippen LogP contribution in [0.4, 0.5) is 0 Å². The zero-order valence-corrected chi connectivity index (χ0v) is 42.0. The van der Waals surface area contributed by atoms with Crippen molar-refractivity contribution in [1.29, 1.82) is 0 Å². The first-order chi connectivity index (χ1) is 33.9. The van der Waals surface area contributed by atoms with Gasteiger partial charge in [0.1, 0.15) is 23.4 Å². The third-order valence-electron chi connectivity index (χ3n) is 16.0. The van der Waals surface area contributed by atoms with E-state index >= 15 is 0 Å². The van der Waals surface area contributed by atoms with Gasteiger partial charge < -0.3 is 93.7 Å². The molecule has 0 aromatic heterocycles. The molecule has 5 fully saturated rings. The Balaban J connectivity index is 1.22. The van der Waals surface area contributed by atoms with Crippen LogP contribution in [0.15, 0.2) is 60.7 Å². The molecule has 0 radical (unpaired) electrons. The molecule has 4 saturated carbocycles. The van der Waals surface area contributed by atoms with Crippen LogP contribution in [0.2, 0.25) is 0 Å². The Labute approximate surface area is 419 Å². The second kappa shape index (κ2) is 22.8. The second-order valence-corrected chi connectivity index (χ2v) is 21.5. The van der Waals surface area contributed by atoms with E-state index in [1.165, 1.54) is 6.92 Å². The summed E-state index contributed by atoms with van der Waals surface area (Å²) in [5.74, 6) is -4.64. The summed E-state index contributed by atoms with van der Waals surface area (Å²) >= 11 is 0. The molecule has 2 aromatic rings. The summed E-state index contributed by atoms with van der Waals surface area (Å²) in [6.45, 7) is 11.1. The van der Waals surface area contributed by atoms with Crippen LogP contribution in [-0.2, 0) is 42.6 Å². The fourth-order valence-electron chi connectivity index (χ4n) is 12.8. The molecule has 4 aliphatic carbocycles. The quantitative estimate of drug-likeness (QED) is 0.0376. The minimum Gasteiger partial charge on any atom is -0.455 e. The maximum absolute atomic E-state index is 14.3. The third-order valence-corrected chi connectivity index (χ3v) is 16.0. The lowest BCUT2D eigenvalue weighted by Gasteiger charge is -2.72. The number of hydrogen-bond donors (Lipinski definition) is 11. The smallest absolute Gasteiger partial charge is 0.338 e. The summed E-state index contributed by atoms with van der Waals surface area (Å²) in [6, 6.07) is 15.6. The number of nitrogens with one attached hydrogen (secondary N) is 1. The fraction of sp³-hybridized carbons (Fsp3) is 0.745. The van der Waals surface area contributed by atoms with Gasteiger partial charge in [0, 0.05) is 29.1 Å². The molecule has 12 unspecified atom stereocenters. The lowest BCUT2D eigenvalue weighted by atomic mass is 9.39. The molecule has 5 aliphatic rings. The molecular formula is C51H77NO20. The Morgan fingerprint density at radius 3 is 2.07 bits per heavy atom. The van der Waals surface area contributed by atoms with E-state index in [1.54, 1.807) is 102 Å². The van der Waals surface area contributed by atoms with Crippen LogP contribution >= 0.6 is 0 Å². The van der Waals surface area contributed by atoms with Crippen LogP contribution < -0.4 is 5.32 Å². The number of hydrogen-bond acceptors (Lipinski definition) is 21. The maximum Gasteiger partial charge on any atom is 0.338 e. The Hall–Kier alpha value is -2.85. The summed E-state index contributed by atoms with van der Waals surface area (Å²) in [7, 11) is 0. The van der Waals surface area contributed by atoms with Gasteiger partial charge in [0.2, 0.25) is 6.41 Å². The molecule has 11 N–H and O–H groups in total. The highest BCUT2D eigenvalue weighted by Gasteiger charge is 2.84. The first-order valence-corrected chi connectivity index (χ1v) is 24.8. The number of benzene rings is 2. The molecule has 20 atom stereocenters. The number of aliphatic hydroxyl groups is 10. The molecule has 21 heteroatoms. The zero-order valence-electron chi connectivity index (χ0n) is 42.0. The highest BCUT2D eigenvalue weighted by molar-refractivity contribution is 5.89. The molecule has 1 saturated heterocycles. The minimum absolute atomic E-state index is 0.00211. The molecule has 0 spiro atoms. The summed E-state index contributed by atoms with van der Waals surface area (Å²) < 4.78 is 53.5. The average Bonchev–Trinajstić information content (AvgIpc) is 3.48. The summed E-state index contributed by atoms with van der Waals surface area (Å²) in [5, 5.41) is 118. The van der Waals surface area contributed by atoms with E-state index in [2.05, 4.69) is 5.32 Å². The molecule has 1 aliphatic heterocycles. The number of esters is 1. The fourth-order valence-corrected chi connectivity index (χ4v) is 12.8. The molecule has 21 nitrogen and oxygen atoms in total. The number of ether oxygens (including phenoxy) is 9. The topological polar surface area (TPSA) is 314 Å². The monoisotopic (exact) mass is 1020 g/mol. The molecule has 2 aromatic carbocycles. The van der Waals surface area contributed by atoms with Crippen LogP contribution in [0.25, 0.3) is 0 Å². The standard InChI is InChI=1S/C51H77NO20/c1-27-36-38(58)42(59)48(6)32(54)22-33-50(26-67-33,71-28(2)53)41(48)43(70-44(60)30-16-12-9-13-17-30)51(63)23-31(49(36,51)7)39(27)69-45(61)40(68-35(57)25-66-21-19-64-18-20-65-24-34(55)56)37(29-14-10-8-11-15-29)52-46(62)72-47(3,4)5/h8-17,27-28,31-43,45-46,52-59,61-63H,18-26H2,1-7H3/t27?,28?,31?,32?,33?,35?,36?,37-,38+,39+,40+,41-,42?,43-,45?,46?,48?,49-,50-,51?/m1/s1. The van der Waals surface area contributed by atoms with Crippen molar-refractivity contribution in [2.45, 2.75) is 158 Å². The highest BCUT2D eigenvalue weighted by Crippen LogP contribution is 2.74. The van der Waals surface area contributed by atoms with Gasteiger partial charge in [-0.25, -0.2) is 4.79 Å². The van der Waals surface area contributed by atoms with Crippen molar-refractivity contribution in [3.63, 3.8) is 0 Å². The Morgan fingerprint density at radius 1 is 0.875 bits per heavy atom. The normalized spacial score (nSPS) is 37.6. The van der Waals surface area contributed by atoms with E-state index in [0.29, 0.717) is 5.56 Å². The number of carbonyl (C=O) groups excluding carboxylic acids is 1. The molecule has 0 amide bonds. The minimum atomic E-state index is -2.03. The van der Waals surface area contributed by atoms with Crippen LogP contribution in [0.3, 0.4) is 0 Å². The van der Waals surface area contributed by atoms with E-state index in [0.717, 1.165) is 0 Å². The average molecular weight is 1020 g/mol. The van der Waals surface area contributed by atoms with Gasteiger partial charge in [0.05, 0.1) is 94.0 Å². The number of aliphatic hydroxyl groups excluding tert-OH is 8. The van der Waals surface area contributed by atoms with E-state index in [1.807, 2.05) is 0 Å². The van der Waals surface area contributed by atoms with Crippen LogP contribution in [0.1, 0.15) is 83.3 Å². The van der Waals surface area contributed by atoms with Crippen molar-refractivity contribution in [3.8, 4) is 0 Å². The number of fused-ring (bicyclic) bond motifs is 3. The molecular weight excluding hydrogens is 947 g/mol. The molecule has 1 heterocycles. The molecule has 72 heavy (non-hydrogen) atoms. The van der Waals surface area contributed by atoms with Crippen LogP contribution in [-0.4, -0.2) is 194 Å². The number of rotatable bonds is 24. The summed E-state index contributed by atoms with van der Waals surface area (Å²) in [4.78, 5) is 14.3.